The lowest BCUT2D eigenvalue weighted by atomic mass is 10.1. The third-order valence-corrected chi connectivity index (χ3v) is 4.23. The van der Waals surface area contributed by atoms with Crippen molar-refractivity contribution in [1.29, 1.82) is 0 Å². The normalized spacial score (nSPS) is 14.5. The van der Waals surface area contributed by atoms with Gasteiger partial charge in [-0.15, -0.1) is 0 Å². The van der Waals surface area contributed by atoms with E-state index < -0.39 is 10.8 Å². The van der Waals surface area contributed by atoms with Gasteiger partial charge < -0.3 is 10.5 Å². The van der Waals surface area contributed by atoms with Crippen molar-refractivity contribution in [2.45, 2.75) is 26.3 Å². The van der Waals surface area contributed by atoms with Crippen LogP contribution in [-0.4, -0.2) is 22.8 Å². The highest BCUT2D eigenvalue weighted by Gasteiger charge is 2.11. The molecule has 1 rings (SSSR count). The first-order chi connectivity index (χ1) is 8.52. The Morgan fingerprint density at radius 3 is 2.72 bits per heavy atom. The summed E-state index contributed by atoms with van der Waals surface area (Å²) >= 11 is 0. The summed E-state index contributed by atoms with van der Waals surface area (Å²) in [7, 11) is 0.785. The predicted molar refractivity (Wildman–Crippen MR) is 77.3 cm³/mol. The molecule has 0 amide bonds. The van der Waals surface area contributed by atoms with Crippen LogP contribution < -0.4 is 10.5 Å². The van der Waals surface area contributed by atoms with Gasteiger partial charge in [-0.05, 0) is 30.0 Å². The van der Waals surface area contributed by atoms with Gasteiger partial charge in [0.25, 0.3) is 0 Å². The molecule has 102 valence electrons. The second-order valence-corrected chi connectivity index (χ2v) is 6.50. The van der Waals surface area contributed by atoms with Crippen LogP contribution in [0.1, 0.15) is 31.9 Å². The smallest absolute Gasteiger partial charge is 0.119 e. The minimum atomic E-state index is -0.846. The third-order valence-electron chi connectivity index (χ3n) is 2.81. The summed E-state index contributed by atoms with van der Waals surface area (Å²) < 4.78 is 17.0. The zero-order chi connectivity index (χ0) is 13.5. The van der Waals surface area contributed by atoms with Crippen LogP contribution in [-0.2, 0) is 10.8 Å². The van der Waals surface area contributed by atoms with E-state index in [0.29, 0.717) is 11.7 Å². The van der Waals surface area contributed by atoms with E-state index in [0.717, 1.165) is 23.5 Å². The highest BCUT2D eigenvalue weighted by atomic mass is 32.2. The average molecular weight is 269 g/mol. The Bertz CT molecular complexity index is 393. The van der Waals surface area contributed by atoms with Gasteiger partial charge >= 0.3 is 0 Å². The molecule has 18 heavy (non-hydrogen) atoms. The van der Waals surface area contributed by atoms with Gasteiger partial charge in [-0.1, -0.05) is 26.0 Å². The molecule has 0 aliphatic heterocycles. The Kier molecular flexibility index (Phi) is 6.36. The number of rotatable bonds is 7. The molecule has 0 spiro atoms. The standard InChI is InChI=1S/C14H23NO2S/c1-11(2)7-8-18(16)10-14(15)12-5-4-6-13(9-12)17-3/h4-6,9,11,14H,7-8,10,15H2,1-3H3. The monoisotopic (exact) mass is 269 g/mol. The van der Waals surface area contributed by atoms with Gasteiger partial charge in [0.05, 0.1) is 7.11 Å². The molecule has 2 unspecified atom stereocenters. The molecule has 0 heterocycles. The van der Waals surface area contributed by atoms with Crippen LogP contribution in [0.4, 0.5) is 0 Å². The molecule has 0 saturated heterocycles. The maximum absolute atomic E-state index is 11.9. The Morgan fingerprint density at radius 1 is 1.39 bits per heavy atom. The van der Waals surface area contributed by atoms with Crippen LogP contribution in [0.3, 0.4) is 0 Å². The molecule has 0 aliphatic carbocycles. The van der Waals surface area contributed by atoms with Crippen LogP contribution in [0.25, 0.3) is 0 Å². The average Bonchev–Trinajstić information content (AvgIpc) is 2.36. The van der Waals surface area contributed by atoms with Crippen molar-refractivity contribution in [3.8, 4) is 5.75 Å². The van der Waals surface area contributed by atoms with Crippen molar-refractivity contribution in [3.63, 3.8) is 0 Å². The van der Waals surface area contributed by atoms with E-state index >= 15 is 0 Å². The first kappa shape index (κ1) is 15.2. The minimum absolute atomic E-state index is 0.187. The molecule has 1 aromatic rings. The lowest BCUT2D eigenvalue weighted by Gasteiger charge is -2.13. The minimum Gasteiger partial charge on any atom is -0.497 e. The maximum Gasteiger partial charge on any atom is 0.119 e. The van der Waals surface area contributed by atoms with Gasteiger partial charge in [0, 0.05) is 28.3 Å². The first-order valence-corrected chi connectivity index (χ1v) is 7.76. The third kappa shape index (κ3) is 5.19. The van der Waals surface area contributed by atoms with Crippen molar-refractivity contribution in [2.75, 3.05) is 18.6 Å². The van der Waals surface area contributed by atoms with E-state index in [1.807, 2.05) is 24.3 Å². The Morgan fingerprint density at radius 2 is 2.11 bits per heavy atom. The van der Waals surface area contributed by atoms with E-state index in [4.69, 9.17) is 10.5 Å². The van der Waals surface area contributed by atoms with E-state index in [1.54, 1.807) is 7.11 Å². The van der Waals surface area contributed by atoms with E-state index in [-0.39, 0.29) is 6.04 Å². The van der Waals surface area contributed by atoms with E-state index in [1.165, 1.54) is 0 Å². The van der Waals surface area contributed by atoms with Crippen LogP contribution in [0, 0.1) is 5.92 Å². The van der Waals surface area contributed by atoms with Gasteiger partial charge in [0.15, 0.2) is 0 Å². The van der Waals surface area contributed by atoms with Crippen LogP contribution in [0.5, 0.6) is 5.75 Å². The largest absolute Gasteiger partial charge is 0.497 e. The van der Waals surface area contributed by atoms with Gasteiger partial charge in [0.2, 0.25) is 0 Å². The number of nitrogens with two attached hydrogens (primary N) is 1. The molecule has 4 heteroatoms. The summed E-state index contributed by atoms with van der Waals surface area (Å²) in [6.45, 7) is 4.28. The number of methoxy groups -OCH3 is 1. The van der Waals surface area contributed by atoms with Gasteiger partial charge in [-0.25, -0.2) is 0 Å². The Hall–Kier alpha value is -0.870. The zero-order valence-electron chi connectivity index (χ0n) is 11.4. The van der Waals surface area contributed by atoms with Crippen LogP contribution in [0.2, 0.25) is 0 Å². The van der Waals surface area contributed by atoms with Crippen molar-refractivity contribution < 1.29 is 8.95 Å². The molecule has 0 aromatic heterocycles. The molecular weight excluding hydrogens is 246 g/mol. The second-order valence-electron chi connectivity index (χ2n) is 4.88. The fraction of sp³-hybridized carbons (Fsp3) is 0.571. The molecule has 0 saturated carbocycles. The first-order valence-electron chi connectivity index (χ1n) is 6.27. The molecule has 0 aliphatic rings. The van der Waals surface area contributed by atoms with Gasteiger partial charge in [0.1, 0.15) is 5.75 Å². The highest BCUT2D eigenvalue weighted by Crippen LogP contribution is 2.18. The van der Waals surface area contributed by atoms with E-state index in [2.05, 4.69) is 13.8 Å². The van der Waals surface area contributed by atoms with E-state index in [9.17, 15) is 4.21 Å². The van der Waals surface area contributed by atoms with Crippen molar-refractivity contribution >= 4 is 10.8 Å². The fourth-order valence-electron chi connectivity index (χ4n) is 1.62. The maximum atomic E-state index is 11.9. The fourth-order valence-corrected chi connectivity index (χ4v) is 3.11. The van der Waals surface area contributed by atoms with Crippen molar-refractivity contribution in [2.24, 2.45) is 11.7 Å². The van der Waals surface area contributed by atoms with Crippen LogP contribution >= 0.6 is 0 Å². The molecule has 0 bridgehead atoms. The molecule has 2 atom stereocenters. The number of benzene rings is 1. The van der Waals surface area contributed by atoms with Crippen molar-refractivity contribution in [3.05, 3.63) is 29.8 Å². The van der Waals surface area contributed by atoms with Crippen LogP contribution in [0.15, 0.2) is 24.3 Å². The quantitative estimate of drug-likeness (QED) is 0.827. The molecule has 2 N–H and O–H groups in total. The topological polar surface area (TPSA) is 52.3 Å². The summed E-state index contributed by atoms with van der Waals surface area (Å²) in [5, 5.41) is 0. The second kappa shape index (κ2) is 7.54. The summed E-state index contributed by atoms with van der Waals surface area (Å²) in [5.41, 5.74) is 7.06. The SMILES string of the molecule is COc1cccc(C(N)CS(=O)CCC(C)C)c1. The molecular formula is C14H23NO2S. The summed E-state index contributed by atoms with van der Waals surface area (Å²) in [4.78, 5) is 0. The summed E-state index contributed by atoms with van der Waals surface area (Å²) in [6.07, 6.45) is 0.984. The molecule has 0 radical (unpaired) electrons. The zero-order valence-corrected chi connectivity index (χ0v) is 12.2. The summed E-state index contributed by atoms with van der Waals surface area (Å²) in [6, 6.07) is 7.46. The Balaban J connectivity index is 2.53. The van der Waals surface area contributed by atoms with Gasteiger partial charge in [-0.3, -0.25) is 4.21 Å². The lowest BCUT2D eigenvalue weighted by Crippen LogP contribution is -2.20. The highest BCUT2D eigenvalue weighted by molar-refractivity contribution is 7.85. The van der Waals surface area contributed by atoms with Crippen molar-refractivity contribution in [1.82, 2.24) is 0 Å². The number of hydrogen-bond acceptors (Lipinski definition) is 3. The molecule has 3 nitrogen and oxygen atoms in total. The number of hydrogen-bond donors (Lipinski definition) is 1. The Labute approximate surface area is 112 Å². The van der Waals surface area contributed by atoms with Gasteiger partial charge in [-0.2, -0.15) is 0 Å². The predicted octanol–water partition coefficient (Wildman–Crippen LogP) is 2.49. The number of ether oxygens (including phenoxy) is 1. The molecule has 1 aromatic carbocycles. The molecule has 0 fully saturated rings. The summed E-state index contributed by atoms with van der Waals surface area (Å²) in [5.74, 6) is 2.62. The lowest BCUT2D eigenvalue weighted by molar-refractivity contribution is 0.414.